The fourth-order valence-electron chi connectivity index (χ4n) is 1.79. The maximum absolute atomic E-state index is 11.9. The first kappa shape index (κ1) is 12.7. The molecule has 0 radical (unpaired) electrons. The van der Waals surface area contributed by atoms with Gasteiger partial charge in [-0.3, -0.25) is 4.79 Å². The normalized spacial score (nSPS) is 11.1. The highest BCUT2D eigenvalue weighted by molar-refractivity contribution is 6.30. The van der Waals surface area contributed by atoms with Crippen LogP contribution in [0.3, 0.4) is 0 Å². The largest absolute Gasteiger partial charge is 0.359 e. The van der Waals surface area contributed by atoms with E-state index in [4.69, 9.17) is 11.6 Å². The number of aromatic amines is 1. The fraction of sp³-hybridized carbons (Fsp3) is 0.133. The van der Waals surface area contributed by atoms with Crippen LogP contribution < -0.4 is 0 Å². The van der Waals surface area contributed by atoms with Crippen molar-refractivity contribution < 1.29 is 4.79 Å². The Morgan fingerprint density at radius 3 is 2.44 bits per heavy atom. The van der Waals surface area contributed by atoms with E-state index in [9.17, 15) is 4.79 Å². The van der Waals surface area contributed by atoms with E-state index in [1.54, 1.807) is 36.4 Å². The van der Waals surface area contributed by atoms with Gasteiger partial charge < -0.3 is 4.98 Å². The van der Waals surface area contributed by atoms with Gasteiger partial charge in [0.05, 0.1) is 0 Å². The number of carbonyl (C=O) groups excluding carboxylic acids is 1. The third kappa shape index (κ3) is 2.90. The standard InChI is InChI=1S/C15H14ClNO/c1-10-9-11(2)17-14(10)7-8-15(18)12-3-5-13(16)6-4-12/h3-9,17H,1-2H3/b8-7+. The van der Waals surface area contributed by atoms with E-state index < -0.39 is 0 Å². The lowest BCUT2D eigenvalue weighted by molar-refractivity contribution is 0.104. The highest BCUT2D eigenvalue weighted by atomic mass is 35.5. The van der Waals surface area contributed by atoms with Crippen molar-refractivity contribution in [3.63, 3.8) is 0 Å². The average molecular weight is 260 g/mol. The molecule has 0 aliphatic heterocycles. The van der Waals surface area contributed by atoms with E-state index in [1.165, 1.54) is 0 Å². The van der Waals surface area contributed by atoms with Crippen molar-refractivity contribution in [2.45, 2.75) is 13.8 Å². The molecule has 3 heteroatoms. The quantitative estimate of drug-likeness (QED) is 0.651. The molecule has 1 heterocycles. The van der Waals surface area contributed by atoms with Crippen LogP contribution in [0, 0.1) is 13.8 Å². The number of rotatable bonds is 3. The molecule has 1 aromatic heterocycles. The van der Waals surface area contributed by atoms with Gasteiger partial charge in [0.25, 0.3) is 0 Å². The molecule has 2 nitrogen and oxygen atoms in total. The third-order valence-electron chi connectivity index (χ3n) is 2.72. The number of nitrogens with one attached hydrogen (secondary N) is 1. The van der Waals surface area contributed by atoms with Gasteiger partial charge in [0.1, 0.15) is 0 Å². The average Bonchev–Trinajstić information content (AvgIpc) is 2.66. The van der Waals surface area contributed by atoms with Crippen LogP contribution >= 0.6 is 11.6 Å². The number of hydrogen-bond acceptors (Lipinski definition) is 1. The number of allylic oxidation sites excluding steroid dienone is 1. The Labute approximate surface area is 111 Å². The van der Waals surface area contributed by atoms with Crippen molar-refractivity contribution in [3.8, 4) is 0 Å². The number of H-pyrrole nitrogens is 1. The smallest absolute Gasteiger partial charge is 0.185 e. The van der Waals surface area contributed by atoms with Crippen molar-refractivity contribution in [1.82, 2.24) is 4.98 Å². The number of hydrogen-bond donors (Lipinski definition) is 1. The Balaban J connectivity index is 2.16. The summed E-state index contributed by atoms with van der Waals surface area (Å²) in [5.74, 6) is -0.0293. The summed E-state index contributed by atoms with van der Waals surface area (Å²) in [6, 6.07) is 8.93. The number of benzene rings is 1. The van der Waals surface area contributed by atoms with E-state index >= 15 is 0 Å². The summed E-state index contributed by atoms with van der Waals surface area (Å²) in [6.07, 6.45) is 3.38. The molecule has 18 heavy (non-hydrogen) atoms. The molecule has 0 saturated heterocycles. The lowest BCUT2D eigenvalue weighted by atomic mass is 10.1. The first-order valence-corrected chi connectivity index (χ1v) is 6.08. The Kier molecular flexibility index (Phi) is 3.68. The van der Waals surface area contributed by atoms with Gasteiger partial charge in [-0.25, -0.2) is 0 Å². The fourth-order valence-corrected chi connectivity index (χ4v) is 1.92. The van der Waals surface area contributed by atoms with Crippen LogP contribution in [0.15, 0.2) is 36.4 Å². The monoisotopic (exact) mass is 259 g/mol. The molecule has 0 bridgehead atoms. The van der Waals surface area contributed by atoms with Crippen molar-refractivity contribution in [2.75, 3.05) is 0 Å². The number of aromatic nitrogens is 1. The zero-order chi connectivity index (χ0) is 13.1. The van der Waals surface area contributed by atoms with Crippen LogP contribution in [0.4, 0.5) is 0 Å². The Morgan fingerprint density at radius 2 is 1.89 bits per heavy atom. The molecule has 0 unspecified atom stereocenters. The van der Waals surface area contributed by atoms with Gasteiger partial charge in [-0.05, 0) is 61.9 Å². The second-order valence-electron chi connectivity index (χ2n) is 4.25. The van der Waals surface area contributed by atoms with Crippen LogP contribution in [-0.2, 0) is 0 Å². The number of halogens is 1. The van der Waals surface area contributed by atoms with E-state index in [0.29, 0.717) is 10.6 Å². The van der Waals surface area contributed by atoms with Crippen molar-refractivity contribution in [2.24, 2.45) is 0 Å². The van der Waals surface area contributed by atoms with Gasteiger partial charge in [0.15, 0.2) is 5.78 Å². The summed E-state index contributed by atoms with van der Waals surface area (Å²) in [5, 5.41) is 0.631. The topological polar surface area (TPSA) is 32.9 Å². The minimum absolute atomic E-state index is 0.0293. The predicted molar refractivity (Wildman–Crippen MR) is 75.1 cm³/mol. The molecular weight excluding hydrogens is 246 g/mol. The van der Waals surface area contributed by atoms with Gasteiger partial charge in [-0.2, -0.15) is 0 Å². The minimum Gasteiger partial charge on any atom is -0.359 e. The summed E-state index contributed by atoms with van der Waals surface area (Å²) in [6.45, 7) is 4.00. The minimum atomic E-state index is -0.0293. The van der Waals surface area contributed by atoms with Crippen LogP contribution in [-0.4, -0.2) is 10.8 Å². The number of aryl methyl sites for hydroxylation is 2. The third-order valence-corrected chi connectivity index (χ3v) is 2.97. The maximum atomic E-state index is 11.9. The molecule has 2 rings (SSSR count). The van der Waals surface area contributed by atoms with E-state index in [-0.39, 0.29) is 5.78 Å². The van der Waals surface area contributed by atoms with Crippen molar-refractivity contribution in [3.05, 3.63) is 63.9 Å². The molecule has 1 N–H and O–H groups in total. The molecule has 1 aromatic carbocycles. The molecule has 0 aliphatic carbocycles. The van der Waals surface area contributed by atoms with Crippen LogP contribution in [0.5, 0.6) is 0 Å². The molecular formula is C15H14ClNO. The van der Waals surface area contributed by atoms with Crippen molar-refractivity contribution in [1.29, 1.82) is 0 Å². The molecule has 0 spiro atoms. The van der Waals surface area contributed by atoms with Gasteiger partial charge in [0.2, 0.25) is 0 Å². The van der Waals surface area contributed by atoms with Gasteiger partial charge >= 0.3 is 0 Å². The highest BCUT2D eigenvalue weighted by Gasteiger charge is 2.02. The summed E-state index contributed by atoms with van der Waals surface area (Å²) in [7, 11) is 0. The first-order chi connectivity index (χ1) is 8.56. The second-order valence-corrected chi connectivity index (χ2v) is 4.69. The van der Waals surface area contributed by atoms with Crippen LogP contribution in [0.1, 0.15) is 27.3 Å². The highest BCUT2D eigenvalue weighted by Crippen LogP contribution is 2.13. The zero-order valence-electron chi connectivity index (χ0n) is 10.3. The molecule has 0 aliphatic rings. The first-order valence-electron chi connectivity index (χ1n) is 5.70. The molecule has 92 valence electrons. The molecule has 2 aromatic rings. The van der Waals surface area contributed by atoms with Crippen LogP contribution in [0.25, 0.3) is 6.08 Å². The van der Waals surface area contributed by atoms with Gasteiger partial charge in [-0.1, -0.05) is 11.6 Å². The second kappa shape index (κ2) is 5.23. The lowest BCUT2D eigenvalue weighted by Gasteiger charge is -1.96. The van der Waals surface area contributed by atoms with E-state index in [1.807, 2.05) is 19.9 Å². The Hall–Kier alpha value is -1.80. The Morgan fingerprint density at radius 1 is 1.22 bits per heavy atom. The zero-order valence-corrected chi connectivity index (χ0v) is 11.1. The van der Waals surface area contributed by atoms with E-state index in [0.717, 1.165) is 17.0 Å². The van der Waals surface area contributed by atoms with Gasteiger partial charge in [0, 0.05) is 22.0 Å². The lowest BCUT2D eigenvalue weighted by Crippen LogP contribution is -1.93. The summed E-state index contributed by atoms with van der Waals surface area (Å²) in [4.78, 5) is 15.1. The molecule has 0 atom stereocenters. The molecule has 0 saturated carbocycles. The van der Waals surface area contributed by atoms with E-state index in [2.05, 4.69) is 4.98 Å². The number of carbonyl (C=O) groups is 1. The summed E-state index contributed by atoms with van der Waals surface area (Å²) < 4.78 is 0. The Bertz CT molecular complexity index is 593. The summed E-state index contributed by atoms with van der Waals surface area (Å²) >= 11 is 5.78. The summed E-state index contributed by atoms with van der Waals surface area (Å²) in [5.41, 5.74) is 3.82. The van der Waals surface area contributed by atoms with Crippen molar-refractivity contribution >= 4 is 23.5 Å². The van der Waals surface area contributed by atoms with Crippen LogP contribution in [0.2, 0.25) is 5.02 Å². The predicted octanol–water partition coefficient (Wildman–Crippen LogP) is 4.18. The molecule has 0 amide bonds. The van der Waals surface area contributed by atoms with Gasteiger partial charge in [-0.15, -0.1) is 0 Å². The number of ketones is 1. The maximum Gasteiger partial charge on any atom is 0.185 e. The SMILES string of the molecule is Cc1cc(C)c(/C=C/C(=O)c2ccc(Cl)cc2)[nH]1. The molecule has 0 fully saturated rings.